The molecule has 0 unspecified atom stereocenters. The Labute approximate surface area is 62.4 Å². The van der Waals surface area contributed by atoms with Gasteiger partial charge in [0.15, 0.2) is 0 Å². The number of aromatic nitrogens is 1. The van der Waals surface area contributed by atoms with E-state index in [1.165, 1.54) is 0 Å². The summed E-state index contributed by atoms with van der Waals surface area (Å²) in [7, 11) is 0. The van der Waals surface area contributed by atoms with Crippen molar-refractivity contribution in [2.75, 3.05) is 0 Å². The van der Waals surface area contributed by atoms with E-state index in [1.807, 2.05) is 12.1 Å². The second kappa shape index (κ2) is 1.99. The standard InChI is InChI=1S/C7H4ClNO/c8-6-3-5-1-2-10-7(5)9-4-6/h1-4H. The molecular weight excluding hydrogens is 150 g/mol. The summed E-state index contributed by atoms with van der Waals surface area (Å²) in [5.74, 6) is 0. The average molecular weight is 154 g/mol. The van der Waals surface area contributed by atoms with E-state index in [4.69, 9.17) is 16.0 Å². The van der Waals surface area contributed by atoms with Crippen LogP contribution in [0.1, 0.15) is 0 Å². The highest BCUT2D eigenvalue weighted by Crippen LogP contribution is 2.16. The van der Waals surface area contributed by atoms with E-state index < -0.39 is 0 Å². The van der Waals surface area contributed by atoms with Gasteiger partial charge in [0.2, 0.25) is 5.71 Å². The van der Waals surface area contributed by atoms with Crippen LogP contribution in [-0.4, -0.2) is 4.98 Å². The summed E-state index contributed by atoms with van der Waals surface area (Å²) in [5, 5.41) is 1.57. The molecule has 2 aromatic rings. The largest absolute Gasteiger partial charge is 0.446 e. The van der Waals surface area contributed by atoms with Crippen LogP contribution in [0.2, 0.25) is 5.02 Å². The summed E-state index contributed by atoms with van der Waals surface area (Å²) < 4.78 is 5.00. The van der Waals surface area contributed by atoms with E-state index in [0.29, 0.717) is 10.7 Å². The Kier molecular flexibility index (Phi) is 1.14. The fourth-order valence-electron chi connectivity index (χ4n) is 0.832. The van der Waals surface area contributed by atoms with Gasteiger partial charge < -0.3 is 4.42 Å². The van der Waals surface area contributed by atoms with Crippen molar-refractivity contribution in [3.63, 3.8) is 0 Å². The van der Waals surface area contributed by atoms with Crippen molar-refractivity contribution < 1.29 is 4.42 Å². The first-order valence-electron chi connectivity index (χ1n) is 2.85. The molecule has 0 spiro atoms. The number of halogens is 1. The molecular formula is C7H4ClNO. The average Bonchev–Trinajstić information content (AvgIpc) is 2.33. The third kappa shape index (κ3) is 0.772. The Bertz CT molecular complexity index is 355. The third-order valence-electron chi connectivity index (χ3n) is 1.27. The molecule has 50 valence electrons. The molecule has 0 radical (unpaired) electrons. The van der Waals surface area contributed by atoms with E-state index in [2.05, 4.69) is 4.98 Å². The number of fused-ring (bicyclic) bond motifs is 1. The topological polar surface area (TPSA) is 26.0 Å². The molecule has 2 heterocycles. The molecule has 3 heteroatoms. The van der Waals surface area contributed by atoms with Crippen LogP contribution in [-0.2, 0) is 0 Å². The van der Waals surface area contributed by atoms with E-state index in [1.54, 1.807) is 12.5 Å². The normalized spacial score (nSPS) is 10.5. The van der Waals surface area contributed by atoms with Crippen molar-refractivity contribution in [1.82, 2.24) is 4.98 Å². The van der Waals surface area contributed by atoms with Gasteiger partial charge in [0.05, 0.1) is 11.3 Å². The highest BCUT2D eigenvalue weighted by atomic mass is 35.5. The lowest BCUT2D eigenvalue weighted by atomic mass is 10.3. The number of nitrogens with zero attached hydrogens (tertiary/aromatic N) is 1. The fraction of sp³-hybridized carbons (Fsp3) is 0. The summed E-state index contributed by atoms with van der Waals surface area (Å²) in [6.07, 6.45) is 3.15. The summed E-state index contributed by atoms with van der Waals surface area (Å²) >= 11 is 5.67. The van der Waals surface area contributed by atoms with E-state index in [0.717, 1.165) is 5.39 Å². The van der Waals surface area contributed by atoms with E-state index in [-0.39, 0.29) is 0 Å². The third-order valence-corrected chi connectivity index (χ3v) is 1.48. The van der Waals surface area contributed by atoms with Crippen LogP contribution < -0.4 is 0 Å². The van der Waals surface area contributed by atoms with Gasteiger partial charge in [0.25, 0.3) is 0 Å². The number of hydrogen-bond acceptors (Lipinski definition) is 2. The van der Waals surface area contributed by atoms with Crippen LogP contribution in [0.25, 0.3) is 11.1 Å². The predicted octanol–water partition coefficient (Wildman–Crippen LogP) is 2.48. The van der Waals surface area contributed by atoms with Crippen LogP contribution >= 0.6 is 11.6 Å². The highest BCUT2D eigenvalue weighted by molar-refractivity contribution is 6.31. The quantitative estimate of drug-likeness (QED) is 0.581. The van der Waals surface area contributed by atoms with Gasteiger partial charge in [0.1, 0.15) is 0 Å². The van der Waals surface area contributed by atoms with Crippen molar-refractivity contribution in [2.24, 2.45) is 0 Å². The van der Waals surface area contributed by atoms with Crippen molar-refractivity contribution >= 4 is 22.7 Å². The molecule has 0 fully saturated rings. The smallest absolute Gasteiger partial charge is 0.225 e. The van der Waals surface area contributed by atoms with Crippen LogP contribution in [0.15, 0.2) is 29.0 Å². The molecule has 0 aliphatic rings. The molecule has 2 nitrogen and oxygen atoms in total. The first kappa shape index (κ1) is 5.74. The SMILES string of the molecule is Clc1cnc2occc2c1. The zero-order valence-electron chi connectivity index (χ0n) is 5.04. The Morgan fingerprint density at radius 2 is 2.40 bits per heavy atom. The maximum absolute atomic E-state index is 5.67. The molecule has 0 saturated carbocycles. The van der Waals surface area contributed by atoms with Gasteiger partial charge in [0, 0.05) is 11.6 Å². The first-order chi connectivity index (χ1) is 4.86. The molecule has 0 aliphatic heterocycles. The molecule has 0 atom stereocenters. The molecule has 10 heavy (non-hydrogen) atoms. The molecule has 0 aromatic carbocycles. The van der Waals surface area contributed by atoms with Crippen LogP contribution in [0.3, 0.4) is 0 Å². The van der Waals surface area contributed by atoms with Crippen molar-refractivity contribution in [3.05, 3.63) is 29.6 Å². The minimum Gasteiger partial charge on any atom is -0.446 e. The maximum atomic E-state index is 5.67. The molecule has 0 saturated heterocycles. The van der Waals surface area contributed by atoms with Gasteiger partial charge in [-0.2, -0.15) is 0 Å². The van der Waals surface area contributed by atoms with Gasteiger partial charge in [-0.15, -0.1) is 0 Å². The second-order valence-corrected chi connectivity index (χ2v) is 2.40. The van der Waals surface area contributed by atoms with Gasteiger partial charge >= 0.3 is 0 Å². The molecule has 0 N–H and O–H groups in total. The van der Waals surface area contributed by atoms with Gasteiger partial charge in [-0.1, -0.05) is 11.6 Å². The second-order valence-electron chi connectivity index (χ2n) is 1.97. The van der Waals surface area contributed by atoms with Crippen LogP contribution in [0, 0.1) is 0 Å². The molecule has 0 amide bonds. The lowest BCUT2D eigenvalue weighted by Crippen LogP contribution is -1.70. The molecule has 0 bridgehead atoms. The molecule has 0 aliphatic carbocycles. The zero-order chi connectivity index (χ0) is 6.97. The van der Waals surface area contributed by atoms with Crippen molar-refractivity contribution in [2.45, 2.75) is 0 Å². The molecule has 2 aromatic heterocycles. The number of rotatable bonds is 0. The van der Waals surface area contributed by atoms with Gasteiger partial charge in [-0.3, -0.25) is 0 Å². The number of pyridine rings is 1. The van der Waals surface area contributed by atoms with Crippen molar-refractivity contribution in [1.29, 1.82) is 0 Å². The Balaban J connectivity index is 2.86. The zero-order valence-corrected chi connectivity index (χ0v) is 5.80. The lowest BCUT2D eigenvalue weighted by molar-refractivity contribution is 0.603. The summed E-state index contributed by atoms with van der Waals surface area (Å²) in [6.45, 7) is 0. The first-order valence-corrected chi connectivity index (χ1v) is 3.23. The monoisotopic (exact) mass is 153 g/mol. The van der Waals surface area contributed by atoms with Crippen LogP contribution in [0.5, 0.6) is 0 Å². The highest BCUT2D eigenvalue weighted by Gasteiger charge is 1.96. The van der Waals surface area contributed by atoms with Crippen LogP contribution in [0.4, 0.5) is 0 Å². The Morgan fingerprint density at radius 1 is 1.50 bits per heavy atom. The predicted molar refractivity (Wildman–Crippen MR) is 39.0 cm³/mol. The van der Waals surface area contributed by atoms with E-state index in [9.17, 15) is 0 Å². The number of hydrogen-bond donors (Lipinski definition) is 0. The van der Waals surface area contributed by atoms with Crippen molar-refractivity contribution in [3.8, 4) is 0 Å². The van der Waals surface area contributed by atoms with Gasteiger partial charge in [-0.05, 0) is 12.1 Å². The maximum Gasteiger partial charge on any atom is 0.225 e. The lowest BCUT2D eigenvalue weighted by Gasteiger charge is -1.86. The minimum absolute atomic E-state index is 0.629. The Morgan fingerprint density at radius 3 is 3.30 bits per heavy atom. The molecule has 2 rings (SSSR count). The number of furan rings is 1. The summed E-state index contributed by atoms with van der Waals surface area (Å²) in [5.41, 5.74) is 0.629. The van der Waals surface area contributed by atoms with E-state index >= 15 is 0 Å². The Hall–Kier alpha value is -1.02. The summed E-state index contributed by atoms with van der Waals surface area (Å²) in [6, 6.07) is 3.64. The fourth-order valence-corrected chi connectivity index (χ4v) is 0.998. The van der Waals surface area contributed by atoms with Gasteiger partial charge in [-0.25, -0.2) is 4.98 Å². The minimum atomic E-state index is 0.629. The summed E-state index contributed by atoms with van der Waals surface area (Å²) in [4.78, 5) is 3.94.